The van der Waals surface area contributed by atoms with Crippen molar-refractivity contribution in [2.45, 2.75) is 6.04 Å². The monoisotopic (exact) mass is 346 g/mol. The number of hydrogen-bond donors (Lipinski definition) is 1. The van der Waals surface area contributed by atoms with Gasteiger partial charge in [-0.25, -0.2) is 0 Å². The Hall–Kier alpha value is -2.19. The number of hydrogen-bond acceptors (Lipinski definition) is 4. The van der Waals surface area contributed by atoms with Crippen LogP contribution in [0.1, 0.15) is 11.6 Å². The highest BCUT2D eigenvalue weighted by Gasteiger charge is 2.14. The number of ether oxygens (including phenoxy) is 2. The van der Waals surface area contributed by atoms with Gasteiger partial charge in [0.1, 0.15) is 6.04 Å². The minimum Gasteiger partial charge on any atom is -0.493 e. The number of rotatable bonds is 5. The lowest BCUT2D eigenvalue weighted by Crippen LogP contribution is -2.09. The quantitative estimate of drug-likeness (QED) is 0.883. The number of halogens is 1. The van der Waals surface area contributed by atoms with E-state index in [1.807, 2.05) is 30.3 Å². The summed E-state index contributed by atoms with van der Waals surface area (Å²) < 4.78 is 11.4. The van der Waals surface area contributed by atoms with Crippen LogP contribution in [0.25, 0.3) is 0 Å². The maximum absolute atomic E-state index is 9.42. The molecule has 1 N–H and O–H groups in total. The second-order valence-corrected chi connectivity index (χ2v) is 5.16. The maximum atomic E-state index is 9.42. The van der Waals surface area contributed by atoms with Crippen LogP contribution in [0.3, 0.4) is 0 Å². The average Bonchev–Trinajstić information content (AvgIpc) is 2.53. The summed E-state index contributed by atoms with van der Waals surface area (Å²) in [4.78, 5) is 0. The zero-order valence-corrected chi connectivity index (χ0v) is 13.3. The van der Waals surface area contributed by atoms with Gasteiger partial charge in [0.2, 0.25) is 0 Å². The van der Waals surface area contributed by atoms with Crippen molar-refractivity contribution in [2.24, 2.45) is 0 Å². The van der Waals surface area contributed by atoms with E-state index in [1.54, 1.807) is 26.4 Å². The van der Waals surface area contributed by atoms with Gasteiger partial charge >= 0.3 is 0 Å². The first-order valence-electron chi connectivity index (χ1n) is 6.32. The van der Waals surface area contributed by atoms with Crippen molar-refractivity contribution in [2.75, 3.05) is 19.5 Å². The number of nitrogens with zero attached hydrogens (tertiary/aromatic N) is 1. The molecule has 0 amide bonds. The lowest BCUT2D eigenvalue weighted by atomic mass is 10.1. The number of methoxy groups -OCH3 is 2. The first-order chi connectivity index (χ1) is 10.2. The summed E-state index contributed by atoms with van der Waals surface area (Å²) in [6.07, 6.45) is 0. The number of para-hydroxylation sites is 1. The third-order valence-electron chi connectivity index (χ3n) is 3.04. The molecule has 0 bridgehead atoms. The van der Waals surface area contributed by atoms with Crippen molar-refractivity contribution in [3.8, 4) is 17.6 Å². The second-order valence-electron chi connectivity index (χ2n) is 4.30. The molecule has 0 aromatic heterocycles. The standard InChI is InChI=1S/C16H15BrN2O2/c1-20-15-8-7-11(9-16(15)21-2)14(10-18)19-13-6-4-3-5-12(13)17/h3-9,14,19H,1-2H3. The van der Waals surface area contributed by atoms with Crippen LogP contribution in [-0.4, -0.2) is 14.2 Å². The number of nitriles is 1. The van der Waals surface area contributed by atoms with Crippen molar-refractivity contribution < 1.29 is 9.47 Å². The molecule has 4 nitrogen and oxygen atoms in total. The van der Waals surface area contributed by atoms with Gasteiger partial charge in [0.25, 0.3) is 0 Å². The van der Waals surface area contributed by atoms with Gasteiger partial charge in [-0.3, -0.25) is 0 Å². The summed E-state index contributed by atoms with van der Waals surface area (Å²) >= 11 is 3.46. The fourth-order valence-electron chi connectivity index (χ4n) is 1.96. The van der Waals surface area contributed by atoms with E-state index in [2.05, 4.69) is 27.3 Å². The van der Waals surface area contributed by atoms with E-state index in [0.29, 0.717) is 11.5 Å². The molecule has 0 fully saturated rings. The van der Waals surface area contributed by atoms with Crippen LogP contribution in [0, 0.1) is 11.3 Å². The fraction of sp³-hybridized carbons (Fsp3) is 0.188. The molecule has 2 aromatic carbocycles. The summed E-state index contributed by atoms with van der Waals surface area (Å²) in [5, 5.41) is 12.6. The minimum absolute atomic E-state index is 0.483. The molecule has 2 aromatic rings. The topological polar surface area (TPSA) is 54.3 Å². The third kappa shape index (κ3) is 3.47. The fourth-order valence-corrected chi connectivity index (χ4v) is 2.36. The largest absolute Gasteiger partial charge is 0.493 e. The zero-order chi connectivity index (χ0) is 15.2. The molecule has 1 unspecified atom stereocenters. The van der Waals surface area contributed by atoms with Crippen molar-refractivity contribution in [1.29, 1.82) is 5.26 Å². The molecule has 0 aliphatic rings. The van der Waals surface area contributed by atoms with E-state index in [1.165, 1.54) is 0 Å². The van der Waals surface area contributed by atoms with Crippen molar-refractivity contribution in [3.05, 3.63) is 52.5 Å². The average molecular weight is 347 g/mol. The highest BCUT2D eigenvalue weighted by molar-refractivity contribution is 9.10. The van der Waals surface area contributed by atoms with Crippen LogP contribution in [0.5, 0.6) is 11.5 Å². The molecule has 0 aliphatic heterocycles. The summed E-state index contributed by atoms with van der Waals surface area (Å²) in [6.45, 7) is 0. The summed E-state index contributed by atoms with van der Waals surface area (Å²) in [5.41, 5.74) is 1.67. The van der Waals surface area contributed by atoms with Crippen molar-refractivity contribution in [1.82, 2.24) is 0 Å². The molecule has 2 rings (SSSR count). The van der Waals surface area contributed by atoms with Gasteiger partial charge in [-0.05, 0) is 45.8 Å². The van der Waals surface area contributed by atoms with Gasteiger partial charge in [0, 0.05) is 10.2 Å². The summed E-state index contributed by atoms with van der Waals surface area (Å²) in [7, 11) is 3.16. The molecular formula is C16H15BrN2O2. The van der Waals surface area contributed by atoms with E-state index in [9.17, 15) is 5.26 Å². The van der Waals surface area contributed by atoms with E-state index >= 15 is 0 Å². The molecule has 5 heteroatoms. The normalized spacial score (nSPS) is 11.3. The van der Waals surface area contributed by atoms with Gasteiger partial charge in [0.05, 0.1) is 20.3 Å². The van der Waals surface area contributed by atoms with Gasteiger partial charge in [-0.1, -0.05) is 18.2 Å². The highest BCUT2D eigenvalue weighted by Crippen LogP contribution is 2.32. The smallest absolute Gasteiger partial charge is 0.161 e. The van der Waals surface area contributed by atoms with Crippen LogP contribution in [0.4, 0.5) is 5.69 Å². The summed E-state index contributed by atoms with van der Waals surface area (Å²) in [5.74, 6) is 1.24. The Labute approximate surface area is 132 Å². The SMILES string of the molecule is COc1ccc(C(C#N)Nc2ccccc2Br)cc1OC. The lowest BCUT2D eigenvalue weighted by molar-refractivity contribution is 0.354. The molecule has 0 saturated heterocycles. The Morgan fingerprint density at radius 2 is 1.81 bits per heavy atom. The first kappa shape index (κ1) is 15.2. The first-order valence-corrected chi connectivity index (χ1v) is 7.11. The van der Waals surface area contributed by atoms with E-state index in [-0.39, 0.29) is 0 Å². The predicted molar refractivity (Wildman–Crippen MR) is 85.7 cm³/mol. The molecular weight excluding hydrogens is 332 g/mol. The Morgan fingerprint density at radius 1 is 1.10 bits per heavy atom. The Kier molecular flexibility index (Phi) is 5.07. The van der Waals surface area contributed by atoms with Crippen molar-refractivity contribution >= 4 is 21.6 Å². The molecule has 21 heavy (non-hydrogen) atoms. The predicted octanol–water partition coefficient (Wildman–Crippen LogP) is 4.14. The van der Waals surface area contributed by atoms with Crippen molar-refractivity contribution in [3.63, 3.8) is 0 Å². The summed E-state index contributed by atoms with van der Waals surface area (Å²) in [6, 6.07) is 14.9. The van der Waals surface area contributed by atoms with E-state index in [0.717, 1.165) is 15.7 Å². The van der Waals surface area contributed by atoms with Gasteiger partial charge in [-0.15, -0.1) is 0 Å². The highest BCUT2D eigenvalue weighted by atomic mass is 79.9. The number of nitrogens with one attached hydrogen (secondary N) is 1. The third-order valence-corrected chi connectivity index (χ3v) is 3.74. The van der Waals surface area contributed by atoms with Crippen LogP contribution < -0.4 is 14.8 Å². The van der Waals surface area contributed by atoms with Crippen LogP contribution in [0.2, 0.25) is 0 Å². The Bertz CT molecular complexity index is 668. The number of benzene rings is 2. The van der Waals surface area contributed by atoms with E-state index < -0.39 is 6.04 Å². The van der Waals surface area contributed by atoms with E-state index in [4.69, 9.17) is 9.47 Å². The zero-order valence-electron chi connectivity index (χ0n) is 11.8. The van der Waals surface area contributed by atoms with Gasteiger partial charge < -0.3 is 14.8 Å². The maximum Gasteiger partial charge on any atom is 0.161 e. The van der Waals surface area contributed by atoms with Crippen LogP contribution >= 0.6 is 15.9 Å². The molecule has 0 radical (unpaired) electrons. The Morgan fingerprint density at radius 3 is 2.43 bits per heavy atom. The molecule has 1 atom stereocenters. The minimum atomic E-state index is -0.483. The number of anilines is 1. The van der Waals surface area contributed by atoms with Gasteiger partial charge in [0.15, 0.2) is 11.5 Å². The molecule has 108 valence electrons. The Balaban J connectivity index is 2.30. The van der Waals surface area contributed by atoms with Gasteiger partial charge in [-0.2, -0.15) is 5.26 Å². The van der Waals surface area contributed by atoms with Crippen LogP contribution in [0.15, 0.2) is 46.9 Å². The molecule has 0 spiro atoms. The molecule has 0 saturated carbocycles. The molecule has 0 heterocycles. The second kappa shape index (κ2) is 7.00. The van der Waals surface area contributed by atoms with Crippen LogP contribution in [-0.2, 0) is 0 Å². The molecule has 0 aliphatic carbocycles. The lowest BCUT2D eigenvalue weighted by Gasteiger charge is -2.16.